The highest BCUT2D eigenvalue weighted by molar-refractivity contribution is 7.27. The molecule has 0 aliphatic carbocycles. The van der Waals surface area contributed by atoms with Crippen LogP contribution in [0.15, 0.2) is 18.2 Å². The van der Waals surface area contributed by atoms with Gasteiger partial charge in [-0.15, -0.1) is 9.24 Å². The minimum atomic E-state index is -0.0503. The SMILES string of the molecule is CCC(C)C(CO)Nc1nc(N)nc2ccc(P)cc12. The van der Waals surface area contributed by atoms with Gasteiger partial charge < -0.3 is 16.2 Å². The normalized spacial score (nSPS) is 14.2. The van der Waals surface area contributed by atoms with E-state index >= 15 is 0 Å². The number of nitrogens with one attached hydrogen (secondary N) is 1. The molecule has 2 rings (SSSR count). The van der Waals surface area contributed by atoms with Gasteiger partial charge in [-0.25, -0.2) is 4.98 Å². The maximum absolute atomic E-state index is 9.54. The minimum Gasteiger partial charge on any atom is -0.394 e. The van der Waals surface area contributed by atoms with Gasteiger partial charge in [0.1, 0.15) is 5.82 Å². The van der Waals surface area contributed by atoms with E-state index in [1.807, 2.05) is 18.2 Å². The van der Waals surface area contributed by atoms with Crippen LogP contribution < -0.4 is 16.4 Å². The predicted octanol–water partition coefficient (Wildman–Crippen LogP) is 1.53. The summed E-state index contributed by atoms with van der Waals surface area (Å²) in [7, 11) is 2.66. The number of aliphatic hydroxyl groups excluding tert-OH is 1. The Kier molecular flexibility index (Phi) is 4.73. The van der Waals surface area contributed by atoms with E-state index in [9.17, 15) is 5.11 Å². The van der Waals surface area contributed by atoms with Gasteiger partial charge in [-0.1, -0.05) is 26.3 Å². The van der Waals surface area contributed by atoms with E-state index in [-0.39, 0.29) is 18.6 Å². The van der Waals surface area contributed by atoms with Gasteiger partial charge >= 0.3 is 0 Å². The zero-order chi connectivity index (χ0) is 14.7. The number of hydrogen-bond acceptors (Lipinski definition) is 5. The first-order valence-corrected chi connectivity index (χ1v) is 7.33. The Morgan fingerprint density at radius 1 is 1.40 bits per heavy atom. The summed E-state index contributed by atoms with van der Waals surface area (Å²) in [6.45, 7) is 4.25. The summed E-state index contributed by atoms with van der Waals surface area (Å²) < 4.78 is 0. The van der Waals surface area contributed by atoms with Crippen molar-refractivity contribution in [2.24, 2.45) is 5.92 Å². The van der Waals surface area contributed by atoms with Crippen molar-refractivity contribution in [3.05, 3.63) is 18.2 Å². The third kappa shape index (κ3) is 3.17. The van der Waals surface area contributed by atoms with Crippen molar-refractivity contribution >= 4 is 37.2 Å². The van der Waals surface area contributed by atoms with Crippen LogP contribution in [0.1, 0.15) is 20.3 Å². The second-order valence-electron chi connectivity index (χ2n) is 5.03. The molecule has 0 saturated heterocycles. The molecule has 4 N–H and O–H groups in total. The molecule has 5 nitrogen and oxygen atoms in total. The van der Waals surface area contributed by atoms with Gasteiger partial charge in [-0.05, 0) is 23.4 Å². The highest BCUT2D eigenvalue weighted by atomic mass is 31.0. The average Bonchev–Trinajstić information content (AvgIpc) is 2.44. The second kappa shape index (κ2) is 6.33. The molecule has 20 heavy (non-hydrogen) atoms. The number of nitrogens with zero attached hydrogens (tertiary/aromatic N) is 2. The van der Waals surface area contributed by atoms with Crippen molar-refractivity contribution in [2.45, 2.75) is 26.3 Å². The van der Waals surface area contributed by atoms with E-state index in [0.717, 1.165) is 22.6 Å². The highest BCUT2D eigenvalue weighted by Gasteiger charge is 2.17. The smallest absolute Gasteiger partial charge is 0.222 e. The molecule has 3 unspecified atom stereocenters. The molecule has 0 aliphatic heterocycles. The van der Waals surface area contributed by atoms with Crippen molar-refractivity contribution in [3.63, 3.8) is 0 Å². The first kappa shape index (κ1) is 14.9. The molecule has 1 aromatic heterocycles. The standard InChI is InChI=1S/C14H21N4OP/c1-3-8(2)12(7-19)16-13-10-6-9(20)4-5-11(10)17-14(15)18-13/h4-6,8,12,19H,3,7,20H2,1-2H3,(H3,15,16,17,18). The van der Waals surface area contributed by atoms with Crippen molar-refractivity contribution < 1.29 is 5.11 Å². The molecule has 3 atom stereocenters. The largest absolute Gasteiger partial charge is 0.394 e. The lowest BCUT2D eigenvalue weighted by Crippen LogP contribution is -2.31. The van der Waals surface area contributed by atoms with Crippen molar-refractivity contribution in [3.8, 4) is 0 Å². The van der Waals surface area contributed by atoms with Crippen molar-refractivity contribution in [1.82, 2.24) is 9.97 Å². The van der Waals surface area contributed by atoms with E-state index in [1.165, 1.54) is 0 Å². The van der Waals surface area contributed by atoms with Crippen molar-refractivity contribution in [1.29, 1.82) is 0 Å². The Morgan fingerprint density at radius 3 is 2.80 bits per heavy atom. The minimum absolute atomic E-state index is 0.0503. The van der Waals surface area contributed by atoms with Crippen LogP contribution in [0, 0.1) is 5.92 Å². The number of fused-ring (bicyclic) bond motifs is 1. The topological polar surface area (TPSA) is 84.1 Å². The molecule has 108 valence electrons. The Balaban J connectivity index is 2.44. The number of aliphatic hydroxyl groups is 1. The molecule has 0 bridgehead atoms. The quantitative estimate of drug-likeness (QED) is 0.728. The van der Waals surface area contributed by atoms with E-state index in [1.54, 1.807) is 0 Å². The number of aromatic nitrogens is 2. The number of anilines is 2. The number of hydrogen-bond donors (Lipinski definition) is 3. The maximum atomic E-state index is 9.54. The number of benzene rings is 1. The second-order valence-corrected chi connectivity index (χ2v) is 5.69. The molecular formula is C14H21N4OP. The number of nitrogen functional groups attached to an aromatic ring is 1. The average molecular weight is 292 g/mol. The van der Waals surface area contributed by atoms with Crippen LogP contribution in [0.4, 0.5) is 11.8 Å². The van der Waals surface area contributed by atoms with Crippen LogP contribution in [-0.2, 0) is 0 Å². The molecule has 0 aliphatic rings. The maximum Gasteiger partial charge on any atom is 0.222 e. The Bertz CT molecular complexity index is 605. The van der Waals surface area contributed by atoms with Gasteiger partial charge in [0.25, 0.3) is 0 Å². The Morgan fingerprint density at radius 2 is 2.15 bits per heavy atom. The van der Waals surface area contributed by atoms with Crippen LogP contribution in [0.3, 0.4) is 0 Å². The summed E-state index contributed by atoms with van der Waals surface area (Å²) in [5.74, 6) is 1.25. The molecule has 0 spiro atoms. The molecule has 0 amide bonds. The van der Waals surface area contributed by atoms with Crippen LogP contribution >= 0.6 is 9.24 Å². The predicted molar refractivity (Wildman–Crippen MR) is 87.2 cm³/mol. The number of nitrogens with two attached hydrogens (primary N) is 1. The highest BCUT2D eigenvalue weighted by Crippen LogP contribution is 2.23. The summed E-state index contributed by atoms with van der Waals surface area (Å²) in [5, 5.41) is 14.8. The van der Waals surface area contributed by atoms with E-state index in [4.69, 9.17) is 5.73 Å². The van der Waals surface area contributed by atoms with E-state index < -0.39 is 0 Å². The van der Waals surface area contributed by atoms with Gasteiger partial charge in [-0.3, -0.25) is 0 Å². The molecule has 1 aromatic carbocycles. The molecule has 0 fully saturated rings. The Hall–Kier alpha value is -1.45. The van der Waals surface area contributed by atoms with Crippen LogP contribution in [0.5, 0.6) is 0 Å². The van der Waals surface area contributed by atoms with Crippen molar-refractivity contribution in [2.75, 3.05) is 17.7 Å². The lowest BCUT2D eigenvalue weighted by Gasteiger charge is -2.23. The first-order valence-electron chi connectivity index (χ1n) is 6.75. The van der Waals surface area contributed by atoms with Gasteiger partial charge in [0.2, 0.25) is 5.95 Å². The van der Waals surface area contributed by atoms with Crippen LogP contribution in [0.2, 0.25) is 0 Å². The lowest BCUT2D eigenvalue weighted by molar-refractivity contribution is 0.241. The fourth-order valence-electron chi connectivity index (χ4n) is 2.10. The number of rotatable bonds is 5. The summed E-state index contributed by atoms with van der Waals surface area (Å²) in [4.78, 5) is 8.51. The van der Waals surface area contributed by atoms with E-state index in [0.29, 0.717) is 11.7 Å². The molecule has 1 heterocycles. The fraction of sp³-hybridized carbons (Fsp3) is 0.429. The van der Waals surface area contributed by atoms with Crippen LogP contribution in [-0.4, -0.2) is 27.7 Å². The van der Waals surface area contributed by atoms with Gasteiger partial charge in [0.15, 0.2) is 0 Å². The molecular weight excluding hydrogens is 271 g/mol. The third-order valence-electron chi connectivity index (χ3n) is 3.59. The van der Waals surface area contributed by atoms with Gasteiger partial charge in [0.05, 0.1) is 18.2 Å². The molecule has 2 aromatic rings. The molecule has 6 heteroatoms. The monoisotopic (exact) mass is 292 g/mol. The fourth-order valence-corrected chi connectivity index (χ4v) is 2.36. The summed E-state index contributed by atoms with van der Waals surface area (Å²) in [6.07, 6.45) is 0.978. The van der Waals surface area contributed by atoms with Gasteiger partial charge in [-0.2, -0.15) is 4.98 Å². The zero-order valence-corrected chi connectivity index (χ0v) is 13.0. The summed E-state index contributed by atoms with van der Waals surface area (Å²) in [5.41, 5.74) is 6.56. The first-order chi connectivity index (χ1) is 9.55. The summed E-state index contributed by atoms with van der Waals surface area (Å²) in [6, 6.07) is 5.82. The lowest BCUT2D eigenvalue weighted by atomic mass is 10.00. The van der Waals surface area contributed by atoms with Crippen LogP contribution in [0.25, 0.3) is 10.9 Å². The van der Waals surface area contributed by atoms with Gasteiger partial charge in [0, 0.05) is 5.39 Å². The zero-order valence-electron chi connectivity index (χ0n) is 11.8. The molecule has 0 saturated carbocycles. The van der Waals surface area contributed by atoms with E-state index in [2.05, 4.69) is 38.4 Å². The summed E-state index contributed by atoms with van der Waals surface area (Å²) >= 11 is 0. The third-order valence-corrected chi connectivity index (χ3v) is 3.95. The Labute approximate surface area is 121 Å². The molecule has 0 radical (unpaired) electrons.